The van der Waals surface area contributed by atoms with Crippen LogP contribution in [0.25, 0.3) is 0 Å². The summed E-state index contributed by atoms with van der Waals surface area (Å²) < 4.78 is 0. The summed E-state index contributed by atoms with van der Waals surface area (Å²) in [6, 6.07) is 4.28. The van der Waals surface area contributed by atoms with E-state index < -0.39 is 11.9 Å². The second-order valence-corrected chi connectivity index (χ2v) is 7.84. The third kappa shape index (κ3) is 3.96. The van der Waals surface area contributed by atoms with Crippen LogP contribution in [0, 0.1) is 0 Å². The number of nitrogens with zero attached hydrogens (tertiary/aromatic N) is 1. The fourth-order valence-corrected chi connectivity index (χ4v) is 4.67. The summed E-state index contributed by atoms with van der Waals surface area (Å²) >= 11 is 13.3. The van der Waals surface area contributed by atoms with Gasteiger partial charge < -0.3 is 11.1 Å². The Morgan fingerprint density at radius 3 is 2.73 bits per heavy atom. The molecule has 9 heteroatoms. The Bertz CT molecular complexity index is 869. The molecule has 0 atom stereocenters. The number of nitrogens with two attached hydrogens (primary N) is 1. The summed E-state index contributed by atoms with van der Waals surface area (Å²) in [5.41, 5.74) is 7.33. The summed E-state index contributed by atoms with van der Waals surface area (Å²) in [5, 5.41) is 6.65. The smallest absolute Gasteiger partial charge is 0.324 e. The molecule has 0 fully saturated rings. The van der Waals surface area contributed by atoms with Gasteiger partial charge in [-0.1, -0.05) is 30.1 Å². The van der Waals surface area contributed by atoms with E-state index >= 15 is 0 Å². The number of anilines is 2. The first-order valence-corrected chi connectivity index (χ1v) is 9.66. The van der Waals surface area contributed by atoms with Crippen molar-refractivity contribution in [1.82, 2.24) is 4.90 Å². The van der Waals surface area contributed by atoms with Crippen LogP contribution in [0.3, 0.4) is 0 Å². The molecule has 3 rings (SSSR count). The number of carbonyl (C=O) groups excluding carboxylic acids is 2. The van der Waals surface area contributed by atoms with Gasteiger partial charge in [0.25, 0.3) is 5.91 Å². The van der Waals surface area contributed by atoms with Gasteiger partial charge in [0.2, 0.25) is 0 Å². The molecule has 2 heterocycles. The number of fused-ring (bicyclic) bond motifs is 1. The minimum atomic E-state index is -0.535. The average molecular weight is 413 g/mol. The minimum Gasteiger partial charge on any atom is -0.365 e. The standard InChI is InChI=1S/C17H18Cl2N4O2S/c1-2-23-6-5-10-13(8-23)26-16(14(10)15(20)24)22-17(25)21-12-4-3-9(18)7-11(12)19/h3-4,7H,2,5-6,8H2,1H3,(H2,20,24)(H2,21,22,25). The first-order chi connectivity index (χ1) is 12.4. The number of urea groups is 1. The van der Waals surface area contributed by atoms with Crippen molar-refractivity contribution < 1.29 is 9.59 Å². The van der Waals surface area contributed by atoms with Gasteiger partial charge in [-0.15, -0.1) is 11.3 Å². The Kier molecular flexibility index (Phi) is 5.72. The fraction of sp³-hybridized carbons (Fsp3) is 0.294. The number of halogens is 2. The second-order valence-electron chi connectivity index (χ2n) is 5.89. The number of thiophene rings is 1. The minimum absolute atomic E-state index is 0.326. The van der Waals surface area contributed by atoms with E-state index in [4.69, 9.17) is 28.9 Å². The van der Waals surface area contributed by atoms with E-state index in [0.717, 1.165) is 36.5 Å². The van der Waals surface area contributed by atoms with E-state index in [-0.39, 0.29) is 0 Å². The molecular weight excluding hydrogens is 395 g/mol. The van der Waals surface area contributed by atoms with Gasteiger partial charge in [0.1, 0.15) is 5.00 Å². The van der Waals surface area contributed by atoms with Gasteiger partial charge in [-0.25, -0.2) is 4.79 Å². The summed E-state index contributed by atoms with van der Waals surface area (Å²) in [7, 11) is 0. The molecule has 1 aliphatic heterocycles. The fourth-order valence-electron chi connectivity index (χ4n) is 2.92. The second kappa shape index (κ2) is 7.84. The van der Waals surface area contributed by atoms with Crippen molar-refractivity contribution in [2.45, 2.75) is 19.9 Å². The van der Waals surface area contributed by atoms with Crippen LogP contribution in [0.2, 0.25) is 10.0 Å². The number of primary amides is 1. The largest absolute Gasteiger partial charge is 0.365 e. The average Bonchev–Trinajstić information content (AvgIpc) is 2.94. The highest BCUT2D eigenvalue weighted by Gasteiger charge is 2.27. The predicted octanol–water partition coefficient (Wildman–Crippen LogP) is 4.18. The van der Waals surface area contributed by atoms with E-state index in [0.29, 0.717) is 26.3 Å². The predicted molar refractivity (Wildman–Crippen MR) is 107 cm³/mol. The van der Waals surface area contributed by atoms with E-state index in [1.54, 1.807) is 12.1 Å². The van der Waals surface area contributed by atoms with Crippen LogP contribution in [0.5, 0.6) is 0 Å². The lowest BCUT2D eigenvalue weighted by molar-refractivity contribution is 0.1000. The van der Waals surface area contributed by atoms with E-state index in [9.17, 15) is 9.59 Å². The number of hydrogen-bond donors (Lipinski definition) is 3. The van der Waals surface area contributed by atoms with Crippen LogP contribution in [-0.4, -0.2) is 29.9 Å². The Labute approximate surface area is 165 Å². The number of rotatable bonds is 4. The number of likely N-dealkylation sites (N-methyl/N-ethyl adjacent to an activating group) is 1. The van der Waals surface area contributed by atoms with Crippen molar-refractivity contribution in [3.63, 3.8) is 0 Å². The zero-order chi connectivity index (χ0) is 18.8. The molecule has 0 bridgehead atoms. The van der Waals surface area contributed by atoms with Crippen molar-refractivity contribution in [3.05, 3.63) is 44.2 Å². The molecule has 2 aromatic rings. The lowest BCUT2D eigenvalue weighted by Crippen LogP contribution is -2.30. The molecule has 6 nitrogen and oxygen atoms in total. The Balaban J connectivity index is 1.82. The normalized spacial score (nSPS) is 14.0. The number of amides is 3. The van der Waals surface area contributed by atoms with E-state index in [1.807, 2.05) is 0 Å². The molecule has 0 aliphatic carbocycles. The molecule has 0 saturated carbocycles. The Morgan fingerprint density at radius 2 is 2.08 bits per heavy atom. The van der Waals surface area contributed by atoms with Crippen LogP contribution in [0.4, 0.5) is 15.5 Å². The molecule has 1 aromatic carbocycles. The maximum atomic E-state index is 12.4. The SMILES string of the molecule is CCN1CCc2c(sc(NC(=O)Nc3ccc(Cl)cc3Cl)c2C(N)=O)C1. The molecule has 4 N–H and O–H groups in total. The van der Waals surface area contributed by atoms with Crippen LogP contribution in [0.15, 0.2) is 18.2 Å². The zero-order valence-corrected chi connectivity index (χ0v) is 16.4. The first-order valence-electron chi connectivity index (χ1n) is 8.08. The van der Waals surface area contributed by atoms with Crippen LogP contribution in [-0.2, 0) is 13.0 Å². The maximum Gasteiger partial charge on any atom is 0.324 e. The summed E-state index contributed by atoms with van der Waals surface area (Å²) in [6.07, 6.45) is 0.740. The molecule has 0 spiro atoms. The van der Waals surface area contributed by atoms with Gasteiger partial charge in [-0.05, 0) is 36.7 Å². The highest BCUT2D eigenvalue weighted by molar-refractivity contribution is 7.17. The zero-order valence-electron chi connectivity index (χ0n) is 14.1. The van der Waals surface area contributed by atoms with E-state index in [1.165, 1.54) is 17.4 Å². The number of hydrogen-bond acceptors (Lipinski definition) is 4. The maximum absolute atomic E-state index is 12.4. The number of benzene rings is 1. The highest BCUT2D eigenvalue weighted by Crippen LogP contribution is 2.37. The third-order valence-electron chi connectivity index (χ3n) is 4.24. The van der Waals surface area contributed by atoms with Crippen LogP contribution < -0.4 is 16.4 Å². The van der Waals surface area contributed by atoms with Crippen LogP contribution >= 0.6 is 34.5 Å². The molecule has 0 saturated heterocycles. The topological polar surface area (TPSA) is 87.5 Å². The van der Waals surface area contributed by atoms with Gasteiger partial charge in [0.05, 0.1) is 16.3 Å². The summed E-state index contributed by atoms with van der Waals surface area (Å²) in [6.45, 7) is 4.65. The first kappa shape index (κ1) is 19.0. The van der Waals surface area contributed by atoms with Gasteiger partial charge in [0, 0.05) is 23.0 Å². The van der Waals surface area contributed by atoms with Gasteiger partial charge in [-0.2, -0.15) is 0 Å². The van der Waals surface area contributed by atoms with E-state index in [2.05, 4.69) is 22.5 Å². The monoisotopic (exact) mass is 412 g/mol. The Hall–Kier alpha value is -1.80. The number of nitrogens with one attached hydrogen (secondary N) is 2. The van der Waals surface area contributed by atoms with Crippen molar-refractivity contribution >= 4 is 57.2 Å². The molecule has 0 radical (unpaired) electrons. The van der Waals surface area contributed by atoms with Gasteiger partial charge in [0.15, 0.2) is 0 Å². The quantitative estimate of drug-likeness (QED) is 0.703. The summed E-state index contributed by atoms with van der Waals surface area (Å²) in [5.74, 6) is -0.535. The molecule has 3 amide bonds. The molecule has 1 aromatic heterocycles. The summed E-state index contributed by atoms with van der Waals surface area (Å²) in [4.78, 5) is 27.6. The lowest BCUT2D eigenvalue weighted by Gasteiger charge is -2.25. The highest BCUT2D eigenvalue weighted by atomic mass is 35.5. The van der Waals surface area contributed by atoms with Gasteiger partial charge in [-0.3, -0.25) is 15.0 Å². The van der Waals surface area contributed by atoms with Crippen LogP contribution in [0.1, 0.15) is 27.7 Å². The molecule has 138 valence electrons. The Morgan fingerprint density at radius 1 is 1.31 bits per heavy atom. The van der Waals surface area contributed by atoms with Crippen molar-refractivity contribution in [3.8, 4) is 0 Å². The lowest BCUT2D eigenvalue weighted by atomic mass is 10.0. The van der Waals surface area contributed by atoms with Gasteiger partial charge >= 0.3 is 6.03 Å². The van der Waals surface area contributed by atoms with Crippen molar-refractivity contribution in [2.24, 2.45) is 5.73 Å². The number of carbonyl (C=O) groups is 2. The molecular formula is C17H18Cl2N4O2S. The van der Waals surface area contributed by atoms with Crippen molar-refractivity contribution in [2.75, 3.05) is 23.7 Å². The molecule has 0 unspecified atom stereocenters. The molecule has 1 aliphatic rings. The molecule has 26 heavy (non-hydrogen) atoms. The third-order valence-corrected chi connectivity index (χ3v) is 5.92. The van der Waals surface area contributed by atoms with Crippen molar-refractivity contribution in [1.29, 1.82) is 0 Å².